The third kappa shape index (κ3) is 3.55. The van der Waals surface area contributed by atoms with Crippen LogP contribution in [-0.2, 0) is 11.3 Å². The number of nitrogens with two attached hydrogens (primary N) is 1. The van der Waals surface area contributed by atoms with Crippen LogP contribution in [0.1, 0.15) is 37.0 Å². The van der Waals surface area contributed by atoms with Gasteiger partial charge in [-0.25, -0.2) is 0 Å². The Kier molecular flexibility index (Phi) is 4.82. The first kappa shape index (κ1) is 12.6. The van der Waals surface area contributed by atoms with Gasteiger partial charge in [-0.3, -0.25) is 0 Å². The van der Waals surface area contributed by atoms with E-state index in [1.54, 1.807) is 11.3 Å². The molecule has 1 aliphatic carbocycles. The average Bonchev–Trinajstić information content (AvgIpc) is 2.56. The predicted octanol–water partition coefficient (Wildman–Crippen LogP) is 3.69. The smallest absolute Gasteiger partial charge is 0.0814 e. The number of thiophene rings is 1. The lowest BCUT2D eigenvalue weighted by Crippen LogP contribution is -2.35. The molecule has 0 saturated heterocycles. The molecule has 2 rings (SSSR count). The molecule has 0 radical (unpaired) electrons. The van der Waals surface area contributed by atoms with Gasteiger partial charge < -0.3 is 10.5 Å². The van der Waals surface area contributed by atoms with E-state index in [1.165, 1.54) is 24.1 Å². The molecule has 1 aromatic rings. The molecule has 0 spiro atoms. The summed E-state index contributed by atoms with van der Waals surface area (Å²) >= 11 is 5.18. The fourth-order valence-electron chi connectivity index (χ4n) is 2.13. The van der Waals surface area contributed by atoms with Crippen molar-refractivity contribution in [3.8, 4) is 0 Å². The van der Waals surface area contributed by atoms with E-state index >= 15 is 0 Å². The molecule has 2 unspecified atom stereocenters. The molecule has 2 nitrogen and oxygen atoms in total. The van der Waals surface area contributed by atoms with Crippen LogP contribution in [0.4, 0.5) is 0 Å². The molecule has 1 aliphatic rings. The van der Waals surface area contributed by atoms with E-state index in [9.17, 15) is 0 Å². The van der Waals surface area contributed by atoms with Gasteiger partial charge in [-0.05, 0) is 34.8 Å². The first-order chi connectivity index (χ1) is 7.75. The van der Waals surface area contributed by atoms with Crippen molar-refractivity contribution < 1.29 is 4.74 Å². The molecule has 1 heterocycles. The molecule has 0 aromatic carbocycles. The highest BCUT2D eigenvalue weighted by Crippen LogP contribution is 2.24. The minimum atomic E-state index is 0.228. The Bertz CT molecular complexity index is 329. The number of hydrogen-bond donors (Lipinski definition) is 1. The molecule has 90 valence electrons. The quantitative estimate of drug-likeness (QED) is 0.864. The van der Waals surface area contributed by atoms with E-state index < -0.39 is 0 Å². The summed E-state index contributed by atoms with van der Waals surface area (Å²) in [4.78, 5) is 1.27. The van der Waals surface area contributed by atoms with Crippen molar-refractivity contribution in [3.05, 3.63) is 20.8 Å². The zero-order valence-corrected chi connectivity index (χ0v) is 11.7. The maximum atomic E-state index is 6.12. The first-order valence-corrected chi connectivity index (χ1v) is 7.53. The normalized spacial score (nSPS) is 26.6. The Labute approximate surface area is 109 Å². The van der Waals surface area contributed by atoms with Crippen molar-refractivity contribution in [2.75, 3.05) is 0 Å². The van der Waals surface area contributed by atoms with E-state index in [4.69, 9.17) is 10.5 Å². The van der Waals surface area contributed by atoms with Crippen LogP contribution >= 0.6 is 27.3 Å². The Balaban J connectivity index is 1.83. The highest BCUT2D eigenvalue weighted by Gasteiger charge is 2.20. The molecule has 0 bridgehead atoms. The molecule has 16 heavy (non-hydrogen) atoms. The Morgan fingerprint density at radius 2 is 2.19 bits per heavy atom. The van der Waals surface area contributed by atoms with Gasteiger partial charge in [-0.1, -0.05) is 19.3 Å². The molecule has 4 heteroatoms. The van der Waals surface area contributed by atoms with Crippen molar-refractivity contribution in [3.63, 3.8) is 0 Å². The summed E-state index contributed by atoms with van der Waals surface area (Å²) in [5.74, 6) is 0. The summed E-state index contributed by atoms with van der Waals surface area (Å²) in [6.45, 7) is 0.703. The largest absolute Gasteiger partial charge is 0.371 e. The third-order valence-electron chi connectivity index (χ3n) is 3.07. The number of ether oxygens (including phenoxy) is 1. The Hall–Kier alpha value is 0.1000. The average molecular weight is 304 g/mol. The maximum Gasteiger partial charge on any atom is 0.0814 e. The molecule has 1 saturated carbocycles. The van der Waals surface area contributed by atoms with E-state index in [-0.39, 0.29) is 12.1 Å². The molecule has 1 aromatic heterocycles. The summed E-state index contributed by atoms with van der Waals surface area (Å²) in [5, 5.41) is 2.09. The monoisotopic (exact) mass is 303 g/mol. The van der Waals surface area contributed by atoms with E-state index in [0.29, 0.717) is 6.61 Å². The van der Waals surface area contributed by atoms with Crippen LogP contribution < -0.4 is 5.73 Å². The van der Waals surface area contributed by atoms with E-state index in [0.717, 1.165) is 17.3 Å². The summed E-state index contributed by atoms with van der Waals surface area (Å²) in [5.41, 5.74) is 6.12. The van der Waals surface area contributed by atoms with Gasteiger partial charge in [-0.2, -0.15) is 0 Å². The highest BCUT2D eigenvalue weighted by molar-refractivity contribution is 9.10. The number of rotatable bonds is 3. The van der Waals surface area contributed by atoms with Gasteiger partial charge in [0.2, 0.25) is 0 Å². The second-order valence-corrected chi connectivity index (χ2v) is 6.29. The Morgan fingerprint density at radius 1 is 1.38 bits per heavy atom. The molecule has 0 amide bonds. The van der Waals surface area contributed by atoms with Crippen molar-refractivity contribution in [2.24, 2.45) is 5.73 Å². The molecule has 0 aliphatic heterocycles. The van der Waals surface area contributed by atoms with Gasteiger partial charge >= 0.3 is 0 Å². The van der Waals surface area contributed by atoms with Crippen LogP contribution in [0.3, 0.4) is 0 Å². The fourth-order valence-corrected chi connectivity index (χ4v) is 3.50. The summed E-state index contributed by atoms with van der Waals surface area (Å²) < 4.78 is 7.08. The molecule has 1 fully saturated rings. The van der Waals surface area contributed by atoms with E-state index in [1.807, 2.05) is 0 Å². The molecular formula is C12H18BrNOS. The van der Waals surface area contributed by atoms with Crippen LogP contribution in [0.15, 0.2) is 15.9 Å². The third-order valence-corrected chi connectivity index (χ3v) is 4.74. The van der Waals surface area contributed by atoms with Crippen LogP contribution in [0, 0.1) is 0 Å². The summed E-state index contributed by atoms with van der Waals surface area (Å²) in [6.07, 6.45) is 6.30. The lowest BCUT2D eigenvalue weighted by molar-refractivity contribution is 0.0208. The molecular weight excluding hydrogens is 286 g/mol. The van der Waals surface area contributed by atoms with Crippen molar-refractivity contribution in [2.45, 2.75) is 50.9 Å². The predicted molar refractivity (Wildman–Crippen MR) is 71.7 cm³/mol. The summed E-state index contributed by atoms with van der Waals surface area (Å²) in [6, 6.07) is 2.35. The van der Waals surface area contributed by atoms with Gasteiger partial charge in [-0.15, -0.1) is 11.3 Å². The zero-order valence-electron chi connectivity index (χ0n) is 9.32. The number of halogens is 1. The molecule has 2 atom stereocenters. The van der Waals surface area contributed by atoms with Crippen LogP contribution in [0.25, 0.3) is 0 Å². The lowest BCUT2D eigenvalue weighted by atomic mass is 10.1. The van der Waals surface area contributed by atoms with Crippen molar-refractivity contribution in [1.82, 2.24) is 0 Å². The first-order valence-electron chi connectivity index (χ1n) is 5.86. The number of hydrogen-bond acceptors (Lipinski definition) is 3. The van der Waals surface area contributed by atoms with Crippen molar-refractivity contribution >= 4 is 27.3 Å². The molecule has 2 N–H and O–H groups in total. The fraction of sp³-hybridized carbons (Fsp3) is 0.667. The SMILES string of the molecule is NC1CCCCCC1OCc1cc(Br)cs1. The minimum Gasteiger partial charge on any atom is -0.371 e. The topological polar surface area (TPSA) is 35.2 Å². The minimum absolute atomic E-state index is 0.228. The second-order valence-electron chi connectivity index (χ2n) is 4.38. The van der Waals surface area contributed by atoms with Crippen LogP contribution in [0.5, 0.6) is 0 Å². The van der Waals surface area contributed by atoms with Gasteiger partial charge in [0, 0.05) is 20.8 Å². The van der Waals surface area contributed by atoms with E-state index in [2.05, 4.69) is 27.4 Å². The van der Waals surface area contributed by atoms with Crippen LogP contribution in [0.2, 0.25) is 0 Å². The lowest BCUT2D eigenvalue weighted by Gasteiger charge is -2.21. The second kappa shape index (κ2) is 6.15. The Morgan fingerprint density at radius 3 is 2.94 bits per heavy atom. The van der Waals surface area contributed by atoms with Crippen LogP contribution in [-0.4, -0.2) is 12.1 Å². The van der Waals surface area contributed by atoms with Gasteiger partial charge in [0.15, 0.2) is 0 Å². The van der Waals surface area contributed by atoms with Gasteiger partial charge in [0.25, 0.3) is 0 Å². The van der Waals surface area contributed by atoms with Gasteiger partial charge in [0.05, 0.1) is 12.7 Å². The summed E-state index contributed by atoms with van der Waals surface area (Å²) in [7, 11) is 0. The maximum absolute atomic E-state index is 6.12. The standard InChI is InChI=1S/C12H18BrNOS/c13-9-6-10(16-8-9)7-15-12-5-3-1-2-4-11(12)14/h6,8,11-12H,1-5,7,14H2. The van der Waals surface area contributed by atoms with Crippen molar-refractivity contribution in [1.29, 1.82) is 0 Å². The highest BCUT2D eigenvalue weighted by atomic mass is 79.9. The zero-order chi connectivity index (χ0) is 11.4. The van der Waals surface area contributed by atoms with Gasteiger partial charge in [0.1, 0.15) is 0 Å².